The Morgan fingerprint density at radius 1 is 1.11 bits per heavy atom. The lowest BCUT2D eigenvalue weighted by molar-refractivity contribution is -0.127. The van der Waals surface area contributed by atoms with Gasteiger partial charge in [-0.05, 0) is 37.8 Å². The van der Waals surface area contributed by atoms with Gasteiger partial charge in [0, 0.05) is 11.6 Å². The van der Waals surface area contributed by atoms with E-state index in [1.807, 2.05) is 56.7 Å². The van der Waals surface area contributed by atoms with Crippen molar-refractivity contribution in [2.75, 3.05) is 0 Å². The van der Waals surface area contributed by atoms with Crippen LogP contribution in [0, 0.1) is 0 Å². The van der Waals surface area contributed by atoms with Crippen LogP contribution in [0.1, 0.15) is 37.8 Å². The average Bonchev–Trinajstić information content (AvgIpc) is 3.23. The normalized spacial score (nSPS) is 22.8. The Balaban J connectivity index is 1.37. The van der Waals surface area contributed by atoms with E-state index in [1.54, 1.807) is 0 Å². The monoisotopic (exact) mass is 357 g/mol. The fraction of sp³-hybridized carbons (Fsp3) is 0.304. The van der Waals surface area contributed by atoms with Gasteiger partial charge in [0.05, 0.1) is 29.2 Å². The molecule has 0 radical (unpaired) electrons. The number of carbonyl (C=O) groups excluding carboxylic acids is 1. The number of fused-ring (bicyclic) bond motifs is 5. The van der Waals surface area contributed by atoms with Crippen LogP contribution in [0.15, 0.2) is 67.1 Å². The maximum atomic E-state index is 13.0. The second-order valence-electron chi connectivity index (χ2n) is 8.30. The van der Waals surface area contributed by atoms with Crippen molar-refractivity contribution in [1.82, 2.24) is 14.9 Å². The molecule has 4 nitrogen and oxygen atoms in total. The first kappa shape index (κ1) is 16.3. The number of imidazole rings is 1. The molecule has 2 aromatic carbocycles. The first-order valence-corrected chi connectivity index (χ1v) is 9.51. The van der Waals surface area contributed by atoms with Crippen LogP contribution in [0.3, 0.4) is 0 Å². The Labute approximate surface area is 159 Å². The number of hydrogen-bond donors (Lipinski definition) is 1. The number of nitrogens with zero attached hydrogens (tertiary/aromatic N) is 2. The Hall–Kier alpha value is -2.88. The summed E-state index contributed by atoms with van der Waals surface area (Å²) in [5.41, 5.74) is 4.24. The third kappa shape index (κ3) is 2.22. The van der Waals surface area contributed by atoms with Crippen molar-refractivity contribution in [2.24, 2.45) is 0 Å². The van der Waals surface area contributed by atoms with Gasteiger partial charge in [-0.1, -0.05) is 54.6 Å². The van der Waals surface area contributed by atoms with Gasteiger partial charge in [-0.25, -0.2) is 4.98 Å². The molecule has 1 saturated carbocycles. The van der Waals surface area contributed by atoms with Gasteiger partial charge in [-0.15, -0.1) is 0 Å². The van der Waals surface area contributed by atoms with Crippen LogP contribution < -0.4 is 5.32 Å². The zero-order chi connectivity index (χ0) is 18.6. The minimum atomic E-state index is -0.544. The van der Waals surface area contributed by atoms with Gasteiger partial charge < -0.3 is 9.88 Å². The SMILES string of the molecule is CC(C)(C(=O)NC1CC2(C1)c1ccccc1-c1cncn12)c1ccccc1. The zero-order valence-corrected chi connectivity index (χ0v) is 15.6. The lowest BCUT2D eigenvalue weighted by Gasteiger charge is -2.48. The number of aromatic nitrogens is 2. The summed E-state index contributed by atoms with van der Waals surface area (Å²) in [6, 6.07) is 18.7. The van der Waals surface area contributed by atoms with Gasteiger partial charge in [-0.2, -0.15) is 0 Å². The summed E-state index contributed by atoms with van der Waals surface area (Å²) in [5, 5.41) is 3.29. The van der Waals surface area contributed by atoms with E-state index in [0.29, 0.717) is 0 Å². The van der Waals surface area contributed by atoms with Crippen molar-refractivity contribution in [1.29, 1.82) is 0 Å². The summed E-state index contributed by atoms with van der Waals surface area (Å²) in [5.74, 6) is 0.0886. The standard InChI is InChI=1S/C23H23N3O/c1-22(2,16-8-4-3-5-9-16)21(27)25-17-12-23(13-17)19-11-7-6-10-18(19)20-14-24-15-26(20)23/h3-11,14-15,17H,12-13H2,1-2H3,(H,25,27). The number of amides is 1. The summed E-state index contributed by atoms with van der Waals surface area (Å²) >= 11 is 0. The molecule has 2 aliphatic rings. The molecular weight excluding hydrogens is 334 g/mol. The minimum absolute atomic E-state index is 0.0583. The number of rotatable bonds is 3. The van der Waals surface area contributed by atoms with Gasteiger partial charge in [0.2, 0.25) is 5.91 Å². The number of benzene rings is 2. The molecule has 0 bridgehead atoms. The molecule has 1 amide bonds. The molecular formula is C23H23N3O. The highest BCUT2D eigenvalue weighted by molar-refractivity contribution is 5.87. The molecule has 0 atom stereocenters. The van der Waals surface area contributed by atoms with Gasteiger partial charge >= 0.3 is 0 Å². The minimum Gasteiger partial charge on any atom is -0.352 e. The van der Waals surface area contributed by atoms with Crippen LogP contribution in [0.2, 0.25) is 0 Å². The van der Waals surface area contributed by atoms with Crippen molar-refractivity contribution in [3.8, 4) is 11.3 Å². The Morgan fingerprint density at radius 2 is 1.81 bits per heavy atom. The molecule has 1 aliphatic carbocycles. The summed E-state index contributed by atoms with van der Waals surface area (Å²) in [7, 11) is 0. The van der Waals surface area contributed by atoms with E-state index < -0.39 is 5.41 Å². The second kappa shape index (κ2) is 5.56. The van der Waals surface area contributed by atoms with Crippen molar-refractivity contribution < 1.29 is 4.79 Å². The molecule has 0 unspecified atom stereocenters. The fourth-order valence-corrected chi connectivity index (χ4v) is 4.70. The molecule has 1 aromatic heterocycles. The third-order valence-corrected chi connectivity index (χ3v) is 6.37. The molecule has 5 rings (SSSR count). The van der Waals surface area contributed by atoms with E-state index >= 15 is 0 Å². The van der Waals surface area contributed by atoms with Crippen molar-refractivity contribution in [3.05, 3.63) is 78.2 Å². The van der Waals surface area contributed by atoms with Gasteiger partial charge in [0.25, 0.3) is 0 Å². The Bertz CT molecular complexity index is 1010. The summed E-state index contributed by atoms with van der Waals surface area (Å²) < 4.78 is 2.29. The van der Waals surface area contributed by atoms with E-state index in [9.17, 15) is 4.79 Å². The van der Waals surface area contributed by atoms with E-state index in [-0.39, 0.29) is 17.5 Å². The maximum absolute atomic E-state index is 13.0. The van der Waals surface area contributed by atoms with Crippen LogP contribution >= 0.6 is 0 Å². The largest absolute Gasteiger partial charge is 0.352 e. The smallest absolute Gasteiger partial charge is 0.230 e. The first-order chi connectivity index (χ1) is 13.0. The summed E-state index contributed by atoms with van der Waals surface area (Å²) in [6.45, 7) is 3.98. The highest BCUT2D eigenvalue weighted by Gasteiger charge is 2.53. The molecule has 136 valence electrons. The maximum Gasteiger partial charge on any atom is 0.230 e. The van der Waals surface area contributed by atoms with Crippen molar-refractivity contribution >= 4 is 5.91 Å². The predicted molar refractivity (Wildman–Crippen MR) is 105 cm³/mol. The van der Waals surface area contributed by atoms with Gasteiger partial charge in [0.15, 0.2) is 0 Å². The number of carbonyl (C=O) groups is 1. The van der Waals surface area contributed by atoms with Crippen LogP contribution in [-0.4, -0.2) is 21.5 Å². The molecule has 1 fully saturated rings. The molecule has 1 spiro atoms. The van der Waals surface area contributed by atoms with E-state index in [0.717, 1.165) is 18.4 Å². The van der Waals surface area contributed by atoms with Crippen LogP contribution in [0.5, 0.6) is 0 Å². The van der Waals surface area contributed by atoms with E-state index in [1.165, 1.54) is 16.8 Å². The lowest BCUT2D eigenvalue weighted by Crippen LogP contribution is -2.57. The first-order valence-electron chi connectivity index (χ1n) is 9.51. The summed E-state index contributed by atoms with van der Waals surface area (Å²) in [4.78, 5) is 17.3. The fourth-order valence-electron chi connectivity index (χ4n) is 4.70. The van der Waals surface area contributed by atoms with E-state index in [2.05, 4.69) is 39.1 Å². The molecule has 2 heterocycles. The Kier molecular flexibility index (Phi) is 3.36. The topological polar surface area (TPSA) is 46.9 Å². The molecule has 4 heteroatoms. The van der Waals surface area contributed by atoms with Crippen LogP contribution in [0.4, 0.5) is 0 Å². The third-order valence-electron chi connectivity index (χ3n) is 6.37. The molecule has 3 aromatic rings. The molecule has 0 saturated heterocycles. The number of hydrogen-bond acceptors (Lipinski definition) is 2. The second-order valence-corrected chi connectivity index (χ2v) is 8.30. The van der Waals surface area contributed by atoms with Gasteiger partial charge in [-0.3, -0.25) is 4.79 Å². The van der Waals surface area contributed by atoms with Crippen molar-refractivity contribution in [3.63, 3.8) is 0 Å². The average molecular weight is 357 g/mol. The van der Waals surface area contributed by atoms with Crippen molar-refractivity contribution in [2.45, 2.75) is 43.7 Å². The quantitative estimate of drug-likeness (QED) is 0.774. The van der Waals surface area contributed by atoms with Crippen LogP contribution in [0.25, 0.3) is 11.3 Å². The molecule has 1 aliphatic heterocycles. The van der Waals surface area contributed by atoms with E-state index in [4.69, 9.17) is 0 Å². The Morgan fingerprint density at radius 3 is 2.59 bits per heavy atom. The molecule has 27 heavy (non-hydrogen) atoms. The molecule has 1 N–H and O–H groups in total. The predicted octanol–water partition coefficient (Wildman–Crippen LogP) is 3.86. The zero-order valence-electron chi connectivity index (χ0n) is 15.6. The number of nitrogens with one attached hydrogen (secondary N) is 1. The highest BCUT2D eigenvalue weighted by atomic mass is 16.2. The van der Waals surface area contributed by atoms with Gasteiger partial charge in [0.1, 0.15) is 0 Å². The summed E-state index contributed by atoms with van der Waals surface area (Å²) in [6.07, 6.45) is 5.69. The highest BCUT2D eigenvalue weighted by Crippen LogP contribution is 2.54. The van der Waals surface area contributed by atoms with Crippen LogP contribution in [-0.2, 0) is 15.7 Å². The lowest BCUT2D eigenvalue weighted by atomic mass is 9.68.